The summed E-state index contributed by atoms with van der Waals surface area (Å²) < 4.78 is 5.47. The van der Waals surface area contributed by atoms with Crippen LogP contribution in [0.5, 0.6) is 11.5 Å². The van der Waals surface area contributed by atoms with E-state index in [2.05, 4.69) is 5.38 Å². The zero-order valence-electron chi connectivity index (χ0n) is 6.66. The first-order valence-corrected chi connectivity index (χ1v) is 4.99. The van der Waals surface area contributed by atoms with Crippen LogP contribution in [0.4, 0.5) is 0 Å². The molecule has 2 aromatic rings. The summed E-state index contributed by atoms with van der Waals surface area (Å²) in [5.41, 5.74) is 0. The van der Waals surface area contributed by atoms with E-state index < -0.39 is 0 Å². The maximum Gasteiger partial charge on any atom is 0.146 e. The Morgan fingerprint density at radius 2 is 1.92 bits per heavy atom. The van der Waals surface area contributed by atoms with Crippen LogP contribution in [0.3, 0.4) is 0 Å². The van der Waals surface area contributed by atoms with E-state index in [1.165, 1.54) is 11.3 Å². The van der Waals surface area contributed by atoms with Crippen molar-refractivity contribution in [3.05, 3.63) is 46.1 Å². The molecular weight excluding hydrogens is 204 g/mol. The molecule has 0 unspecified atom stereocenters. The quantitative estimate of drug-likeness (QED) is 0.727. The molecule has 0 saturated heterocycles. The zero-order valence-corrected chi connectivity index (χ0v) is 8.23. The lowest BCUT2D eigenvalue weighted by Gasteiger charge is -2.01. The van der Waals surface area contributed by atoms with Crippen LogP contribution in [-0.4, -0.2) is 0 Å². The third-order valence-corrected chi connectivity index (χ3v) is 2.33. The number of hydrogen-bond acceptors (Lipinski definition) is 2. The van der Waals surface area contributed by atoms with Crippen molar-refractivity contribution in [3.63, 3.8) is 0 Å². The highest BCUT2D eigenvalue weighted by atomic mass is 35.5. The van der Waals surface area contributed by atoms with Crippen molar-refractivity contribution in [2.45, 2.75) is 0 Å². The van der Waals surface area contributed by atoms with Gasteiger partial charge in [0.15, 0.2) is 0 Å². The molecule has 65 valence electrons. The Hall–Kier alpha value is -0.990. The number of ether oxygens (including phenoxy) is 1. The van der Waals surface area contributed by atoms with Crippen molar-refractivity contribution in [2.75, 3.05) is 0 Å². The summed E-state index contributed by atoms with van der Waals surface area (Å²) in [5.74, 6) is 1.52. The maximum atomic E-state index is 5.73. The van der Waals surface area contributed by atoms with E-state index >= 15 is 0 Å². The van der Waals surface area contributed by atoms with Crippen LogP contribution < -0.4 is 4.74 Å². The van der Waals surface area contributed by atoms with Gasteiger partial charge in [0, 0.05) is 5.02 Å². The Morgan fingerprint density at radius 1 is 1.15 bits per heavy atom. The van der Waals surface area contributed by atoms with Gasteiger partial charge in [-0.25, -0.2) is 0 Å². The SMILES string of the molecule is Clc1ccc(Oc2[c]scc2)cc1. The van der Waals surface area contributed by atoms with Gasteiger partial charge in [-0.1, -0.05) is 11.6 Å². The Morgan fingerprint density at radius 3 is 2.54 bits per heavy atom. The molecule has 0 amide bonds. The smallest absolute Gasteiger partial charge is 0.146 e. The molecule has 0 aliphatic heterocycles. The van der Waals surface area contributed by atoms with E-state index in [9.17, 15) is 0 Å². The average molecular weight is 210 g/mol. The minimum Gasteiger partial charge on any atom is -0.456 e. The molecule has 1 heterocycles. The van der Waals surface area contributed by atoms with E-state index in [1.54, 1.807) is 12.1 Å². The molecule has 3 heteroatoms. The summed E-state index contributed by atoms with van der Waals surface area (Å²) in [6, 6.07) is 9.12. The van der Waals surface area contributed by atoms with Gasteiger partial charge in [-0.2, -0.15) is 0 Å². The fourth-order valence-corrected chi connectivity index (χ4v) is 1.52. The monoisotopic (exact) mass is 209 g/mol. The van der Waals surface area contributed by atoms with Crippen LogP contribution in [0.25, 0.3) is 0 Å². The third-order valence-electron chi connectivity index (χ3n) is 1.49. The molecule has 1 nitrogen and oxygen atoms in total. The molecule has 0 bridgehead atoms. The van der Waals surface area contributed by atoms with E-state index in [4.69, 9.17) is 16.3 Å². The standard InChI is InChI=1S/C10H6ClOS/c11-8-1-3-9(4-2-8)12-10-5-6-13-7-10/h1-6H. The van der Waals surface area contributed by atoms with Crippen LogP contribution >= 0.6 is 22.9 Å². The summed E-state index contributed by atoms with van der Waals surface area (Å²) in [7, 11) is 0. The largest absolute Gasteiger partial charge is 0.456 e. The van der Waals surface area contributed by atoms with Crippen molar-refractivity contribution in [3.8, 4) is 11.5 Å². The van der Waals surface area contributed by atoms with E-state index in [1.807, 2.05) is 23.6 Å². The molecule has 0 aliphatic carbocycles. The molecule has 2 rings (SSSR count). The first-order chi connectivity index (χ1) is 6.34. The van der Waals surface area contributed by atoms with Crippen molar-refractivity contribution in [1.82, 2.24) is 0 Å². The average Bonchev–Trinajstić information content (AvgIpc) is 2.62. The lowest BCUT2D eigenvalue weighted by atomic mass is 10.3. The molecule has 0 atom stereocenters. The molecule has 0 saturated carbocycles. The topological polar surface area (TPSA) is 9.23 Å². The van der Waals surface area contributed by atoms with E-state index in [-0.39, 0.29) is 0 Å². The van der Waals surface area contributed by atoms with Gasteiger partial charge in [0.25, 0.3) is 0 Å². The molecule has 1 aromatic heterocycles. The summed E-state index contributed by atoms with van der Waals surface area (Å²) in [4.78, 5) is 0. The van der Waals surface area contributed by atoms with Gasteiger partial charge >= 0.3 is 0 Å². The first-order valence-electron chi connectivity index (χ1n) is 3.73. The third kappa shape index (κ3) is 2.23. The van der Waals surface area contributed by atoms with Crippen LogP contribution in [0.1, 0.15) is 0 Å². The Labute approximate surface area is 85.5 Å². The van der Waals surface area contributed by atoms with Gasteiger partial charge in [0.05, 0.1) is 5.38 Å². The van der Waals surface area contributed by atoms with Gasteiger partial charge < -0.3 is 4.74 Å². The second-order valence-electron chi connectivity index (χ2n) is 2.44. The summed E-state index contributed by atoms with van der Waals surface area (Å²) in [6.07, 6.45) is 0. The molecule has 0 spiro atoms. The highest BCUT2D eigenvalue weighted by Crippen LogP contribution is 2.23. The molecule has 1 radical (unpaired) electrons. The molecule has 1 aromatic carbocycles. The van der Waals surface area contributed by atoms with Crippen LogP contribution in [0.15, 0.2) is 35.7 Å². The predicted octanol–water partition coefficient (Wildman–Crippen LogP) is 3.99. The number of benzene rings is 1. The van der Waals surface area contributed by atoms with Crippen LogP contribution in [0.2, 0.25) is 5.02 Å². The van der Waals surface area contributed by atoms with Crippen molar-refractivity contribution < 1.29 is 4.74 Å². The fraction of sp³-hybridized carbons (Fsp3) is 0. The minimum atomic E-state index is 0.710. The normalized spacial score (nSPS) is 9.92. The van der Waals surface area contributed by atoms with Crippen molar-refractivity contribution >= 4 is 22.9 Å². The van der Waals surface area contributed by atoms with Crippen LogP contribution in [0, 0.1) is 5.38 Å². The minimum absolute atomic E-state index is 0.710. The lowest BCUT2D eigenvalue weighted by Crippen LogP contribution is -1.79. The van der Waals surface area contributed by atoms with Gasteiger partial charge in [0.1, 0.15) is 11.5 Å². The van der Waals surface area contributed by atoms with E-state index in [0.29, 0.717) is 5.02 Å². The number of rotatable bonds is 2. The Balaban J connectivity index is 2.15. The molecular formula is C10H6ClOS. The van der Waals surface area contributed by atoms with Gasteiger partial charge in [-0.3, -0.25) is 0 Å². The molecule has 0 N–H and O–H groups in total. The molecule has 0 aliphatic rings. The lowest BCUT2D eigenvalue weighted by molar-refractivity contribution is 0.484. The first kappa shape index (κ1) is 8.60. The van der Waals surface area contributed by atoms with Crippen LogP contribution in [-0.2, 0) is 0 Å². The highest BCUT2D eigenvalue weighted by Gasteiger charge is 1.96. The summed E-state index contributed by atoms with van der Waals surface area (Å²) >= 11 is 7.22. The fourth-order valence-electron chi connectivity index (χ4n) is 0.906. The Bertz CT molecular complexity index is 366. The Kier molecular flexibility index (Phi) is 2.52. The molecule has 0 fully saturated rings. The van der Waals surface area contributed by atoms with Gasteiger partial charge in [-0.15, -0.1) is 11.3 Å². The predicted molar refractivity (Wildman–Crippen MR) is 54.7 cm³/mol. The number of thiophene rings is 1. The number of hydrogen-bond donors (Lipinski definition) is 0. The summed E-state index contributed by atoms with van der Waals surface area (Å²) in [6.45, 7) is 0. The highest BCUT2D eigenvalue weighted by molar-refractivity contribution is 7.07. The van der Waals surface area contributed by atoms with Crippen molar-refractivity contribution in [2.24, 2.45) is 0 Å². The maximum absolute atomic E-state index is 5.73. The summed E-state index contributed by atoms with van der Waals surface area (Å²) in [5, 5.41) is 5.62. The van der Waals surface area contributed by atoms with Gasteiger partial charge in [-0.05, 0) is 35.7 Å². The van der Waals surface area contributed by atoms with Crippen molar-refractivity contribution in [1.29, 1.82) is 0 Å². The second-order valence-corrected chi connectivity index (χ2v) is 3.59. The van der Waals surface area contributed by atoms with E-state index in [0.717, 1.165) is 11.5 Å². The van der Waals surface area contributed by atoms with Gasteiger partial charge in [0.2, 0.25) is 0 Å². The molecule has 13 heavy (non-hydrogen) atoms. The number of halogens is 1. The zero-order chi connectivity index (χ0) is 9.10. The second kappa shape index (κ2) is 3.81.